The fraction of sp³-hybridized carbons (Fsp3) is 0.478. The van der Waals surface area contributed by atoms with Gasteiger partial charge in [-0.3, -0.25) is 4.90 Å². The monoisotopic (exact) mass is 481 g/mol. The number of hydrogen-bond acceptors (Lipinski definition) is 5. The van der Waals surface area contributed by atoms with Crippen LogP contribution in [-0.2, 0) is 23.8 Å². The van der Waals surface area contributed by atoms with Gasteiger partial charge in [0.25, 0.3) is 0 Å². The lowest BCUT2D eigenvalue weighted by Gasteiger charge is -2.33. The number of benzene rings is 1. The lowest BCUT2D eigenvalue weighted by Crippen LogP contribution is -2.39. The van der Waals surface area contributed by atoms with E-state index in [0.717, 1.165) is 75.2 Å². The molecule has 3 N–H and O–H groups in total. The first kappa shape index (κ1) is 23.0. The molecule has 1 aromatic carbocycles. The molecule has 0 spiro atoms. The van der Waals surface area contributed by atoms with Crippen LogP contribution in [0.5, 0.6) is 0 Å². The van der Waals surface area contributed by atoms with E-state index in [4.69, 9.17) is 10.5 Å². The Morgan fingerprint density at radius 1 is 1.06 bits per heavy atom. The van der Waals surface area contributed by atoms with Gasteiger partial charge in [0.15, 0.2) is 0 Å². The van der Waals surface area contributed by atoms with Crippen LogP contribution in [0.3, 0.4) is 0 Å². The molecule has 0 saturated carbocycles. The Bertz CT molecular complexity index is 1180. The molecule has 3 atom stereocenters. The minimum absolute atomic E-state index is 0.0294. The quantitative estimate of drug-likeness (QED) is 0.515. The molecule has 2 fully saturated rings. The number of nitrogens with zero attached hydrogens (tertiary/aromatic N) is 3. The van der Waals surface area contributed by atoms with Gasteiger partial charge in [0, 0.05) is 37.0 Å². The van der Waals surface area contributed by atoms with E-state index in [1.165, 1.54) is 6.07 Å². The van der Waals surface area contributed by atoms with Crippen molar-refractivity contribution in [3.63, 3.8) is 0 Å². The van der Waals surface area contributed by atoms with Crippen molar-refractivity contribution < 1.29 is 26.7 Å². The predicted molar refractivity (Wildman–Crippen MR) is 115 cm³/mol. The van der Waals surface area contributed by atoms with E-state index in [9.17, 15) is 22.0 Å². The van der Waals surface area contributed by atoms with E-state index in [2.05, 4.69) is 19.9 Å². The number of likely N-dealkylation sites (tertiary alicyclic amines) is 1. The van der Waals surface area contributed by atoms with Gasteiger partial charge in [-0.2, -0.15) is 13.2 Å². The van der Waals surface area contributed by atoms with Crippen LogP contribution in [0.25, 0.3) is 11.0 Å². The Morgan fingerprint density at radius 2 is 1.79 bits per heavy atom. The number of halogens is 5. The van der Waals surface area contributed by atoms with E-state index in [1.807, 2.05) is 0 Å². The van der Waals surface area contributed by atoms with E-state index >= 15 is 0 Å². The van der Waals surface area contributed by atoms with Gasteiger partial charge >= 0.3 is 6.18 Å². The van der Waals surface area contributed by atoms with Crippen molar-refractivity contribution in [2.24, 2.45) is 11.8 Å². The van der Waals surface area contributed by atoms with Crippen LogP contribution in [0.15, 0.2) is 24.5 Å². The summed E-state index contributed by atoms with van der Waals surface area (Å²) in [5.41, 5.74) is 6.18. The maximum atomic E-state index is 13.8. The number of aromatic nitrogens is 3. The Hall–Kier alpha value is -2.79. The second-order valence-electron chi connectivity index (χ2n) is 9.14. The smallest absolute Gasteiger partial charge is 0.383 e. The highest BCUT2D eigenvalue weighted by Gasteiger charge is 2.40. The van der Waals surface area contributed by atoms with E-state index in [0.29, 0.717) is 17.9 Å². The molecule has 4 heterocycles. The molecule has 182 valence electrons. The van der Waals surface area contributed by atoms with Gasteiger partial charge in [-0.1, -0.05) is 0 Å². The van der Waals surface area contributed by atoms with Crippen molar-refractivity contribution >= 4 is 16.9 Å². The van der Waals surface area contributed by atoms with Crippen LogP contribution in [0, 0.1) is 23.5 Å². The first-order valence-electron chi connectivity index (χ1n) is 11.1. The molecule has 34 heavy (non-hydrogen) atoms. The highest BCUT2D eigenvalue weighted by atomic mass is 19.4. The molecule has 2 saturated heterocycles. The Morgan fingerprint density at radius 3 is 2.47 bits per heavy atom. The zero-order chi connectivity index (χ0) is 24.0. The summed E-state index contributed by atoms with van der Waals surface area (Å²) < 4.78 is 69.4. The molecule has 1 aliphatic carbocycles. The molecule has 2 aliphatic heterocycles. The summed E-state index contributed by atoms with van der Waals surface area (Å²) in [5, 5.41) is 0.180. The summed E-state index contributed by atoms with van der Waals surface area (Å²) in [4.78, 5) is 11.8. The molecule has 6 rings (SSSR count). The van der Waals surface area contributed by atoms with Crippen molar-refractivity contribution in [1.82, 2.24) is 19.9 Å². The number of fused-ring (bicyclic) bond motifs is 3. The number of anilines is 1. The van der Waals surface area contributed by atoms with Gasteiger partial charge in [-0.15, -0.1) is 0 Å². The van der Waals surface area contributed by atoms with Gasteiger partial charge in [-0.25, -0.2) is 18.7 Å². The van der Waals surface area contributed by atoms with Crippen molar-refractivity contribution in [2.75, 3.05) is 32.0 Å². The number of nitrogens with one attached hydrogen (secondary N) is 1. The first-order chi connectivity index (χ1) is 16.2. The van der Waals surface area contributed by atoms with Gasteiger partial charge in [0.1, 0.15) is 35.1 Å². The number of alkyl halides is 3. The summed E-state index contributed by atoms with van der Waals surface area (Å²) in [6.45, 7) is 3.94. The minimum Gasteiger partial charge on any atom is -0.383 e. The standard InChI is InChI=1S/C16H19F2NO.C7H5F3N4/c17-13-3-10-4-14(1-2-15(10)16(18)5-13)19-6-11-8-20-9-12(11)7-19;8-7(9,10)4-1-3-5(11)12-2-13-6(3)14-4/h3,5,11-12,14H,1-2,4,6-9H2;1-2H,(H3,11,12,13,14)/t11-,12?,14-;/m0./s1. The number of nitrogen functional groups attached to an aromatic ring is 1. The number of rotatable bonds is 1. The van der Waals surface area contributed by atoms with Crippen LogP contribution in [0.1, 0.15) is 23.2 Å². The number of hydrogen-bond donors (Lipinski definition) is 2. The van der Waals surface area contributed by atoms with E-state index < -0.39 is 17.7 Å². The lowest BCUT2D eigenvalue weighted by molar-refractivity contribution is -0.140. The molecule has 11 heteroatoms. The fourth-order valence-corrected chi connectivity index (χ4v) is 5.23. The lowest BCUT2D eigenvalue weighted by atomic mass is 9.87. The molecule has 0 radical (unpaired) electrons. The highest BCUT2D eigenvalue weighted by molar-refractivity contribution is 5.86. The van der Waals surface area contributed by atoms with Crippen LogP contribution < -0.4 is 5.73 Å². The van der Waals surface area contributed by atoms with Crippen LogP contribution >= 0.6 is 0 Å². The van der Waals surface area contributed by atoms with Crippen molar-refractivity contribution in [3.05, 3.63) is 53.0 Å². The zero-order valence-corrected chi connectivity index (χ0v) is 18.2. The van der Waals surface area contributed by atoms with Gasteiger partial charge in [0.2, 0.25) is 0 Å². The summed E-state index contributed by atoms with van der Waals surface area (Å²) in [6.07, 6.45) is -0.823. The molecule has 2 aromatic heterocycles. The Labute approximate surface area is 192 Å². The predicted octanol–water partition coefficient (Wildman–Crippen LogP) is 3.96. The molecule has 3 aliphatic rings. The normalized spacial score (nSPS) is 24.6. The van der Waals surface area contributed by atoms with Crippen LogP contribution in [-0.4, -0.2) is 52.2 Å². The van der Waals surface area contributed by atoms with Crippen molar-refractivity contribution in [2.45, 2.75) is 31.5 Å². The molecule has 0 bridgehead atoms. The average molecular weight is 481 g/mol. The first-order valence-corrected chi connectivity index (χ1v) is 11.1. The van der Waals surface area contributed by atoms with Gasteiger partial charge in [-0.05, 0) is 42.5 Å². The largest absolute Gasteiger partial charge is 0.431 e. The summed E-state index contributed by atoms with van der Waals surface area (Å²) in [7, 11) is 0. The van der Waals surface area contributed by atoms with Crippen molar-refractivity contribution in [3.8, 4) is 0 Å². The van der Waals surface area contributed by atoms with Gasteiger partial charge in [0.05, 0.1) is 18.6 Å². The Balaban J connectivity index is 0.000000152. The van der Waals surface area contributed by atoms with E-state index in [-0.39, 0.29) is 22.7 Å². The molecule has 0 amide bonds. The fourth-order valence-electron chi connectivity index (χ4n) is 5.23. The summed E-state index contributed by atoms with van der Waals surface area (Å²) in [5.74, 6) is 0.543. The van der Waals surface area contributed by atoms with Gasteiger partial charge < -0.3 is 15.5 Å². The average Bonchev–Trinajstić information content (AvgIpc) is 3.48. The highest BCUT2D eigenvalue weighted by Crippen LogP contribution is 2.35. The third-order valence-corrected chi connectivity index (χ3v) is 6.98. The van der Waals surface area contributed by atoms with Crippen molar-refractivity contribution in [1.29, 1.82) is 0 Å². The summed E-state index contributed by atoms with van der Waals surface area (Å²) in [6, 6.07) is 3.86. The SMILES string of the molecule is Fc1cc(F)c2c(c1)C[C@@H](N1CC3COC[C@@H]3C1)CC2.Nc1ncnc2[nH]c(C(F)(F)F)cc12. The number of nitrogens with two attached hydrogens (primary N) is 1. The third kappa shape index (κ3) is 4.46. The molecular weight excluding hydrogens is 457 g/mol. The van der Waals surface area contributed by atoms with E-state index in [1.54, 1.807) is 0 Å². The topological polar surface area (TPSA) is 80.1 Å². The van der Waals surface area contributed by atoms with Crippen LogP contribution in [0.2, 0.25) is 0 Å². The summed E-state index contributed by atoms with van der Waals surface area (Å²) >= 11 is 0. The molecule has 3 aromatic rings. The number of H-pyrrole nitrogens is 1. The van der Waals surface area contributed by atoms with Crippen LogP contribution in [0.4, 0.5) is 27.8 Å². The number of aromatic amines is 1. The molecular formula is C23H24F5N5O. The maximum Gasteiger partial charge on any atom is 0.431 e. The Kier molecular flexibility index (Phi) is 5.93. The number of ether oxygens (including phenoxy) is 1. The third-order valence-electron chi connectivity index (χ3n) is 6.98. The maximum absolute atomic E-state index is 13.8. The minimum atomic E-state index is -4.42. The zero-order valence-electron chi connectivity index (χ0n) is 18.2. The second kappa shape index (κ2) is 8.77. The molecule has 1 unspecified atom stereocenters. The molecule has 6 nitrogen and oxygen atoms in total. The second-order valence-corrected chi connectivity index (χ2v) is 9.14.